The monoisotopic (exact) mass is 277 g/mol. The Balaban J connectivity index is 1.73. The van der Waals surface area contributed by atoms with Crippen LogP contribution in [0.25, 0.3) is 0 Å². The first-order valence-electron chi connectivity index (χ1n) is 8.55. The Morgan fingerprint density at radius 2 is 1.55 bits per heavy atom. The van der Waals surface area contributed by atoms with Crippen LogP contribution >= 0.6 is 0 Å². The van der Waals surface area contributed by atoms with E-state index in [4.69, 9.17) is 0 Å². The first-order valence-corrected chi connectivity index (χ1v) is 8.55. The zero-order valence-corrected chi connectivity index (χ0v) is 13.1. The molecule has 0 aromatic carbocycles. The normalized spacial score (nSPS) is 20.2. The minimum Gasteiger partial charge on any atom is -0.310 e. The molecular formula is C17H31N3. The summed E-state index contributed by atoms with van der Waals surface area (Å²) in [5, 5.41) is 7.99. The molecule has 2 rings (SSSR count). The third kappa shape index (κ3) is 6.08. The molecule has 1 aliphatic rings. The number of rotatable bonds is 3. The Morgan fingerprint density at radius 3 is 2.05 bits per heavy atom. The van der Waals surface area contributed by atoms with Gasteiger partial charge in [-0.1, -0.05) is 57.8 Å². The molecule has 0 radical (unpaired) electrons. The van der Waals surface area contributed by atoms with Crippen molar-refractivity contribution in [1.29, 1.82) is 0 Å². The Bertz CT molecular complexity index is 347. The zero-order valence-electron chi connectivity index (χ0n) is 13.1. The van der Waals surface area contributed by atoms with Gasteiger partial charge >= 0.3 is 0 Å². The van der Waals surface area contributed by atoms with Crippen molar-refractivity contribution in [2.45, 2.75) is 83.2 Å². The third-order valence-corrected chi connectivity index (χ3v) is 4.46. The molecule has 1 fully saturated rings. The Labute approximate surface area is 124 Å². The first-order chi connectivity index (χ1) is 9.84. The van der Waals surface area contributed by atoms with Crippen molar-refractivity contribution in [3.8, 4) is 0 Å². The molecule has 0 aliphatic heterocycles. The smallest absolute Gasteiger partial charge is 0.0534 e. The number of hydrogen-bond donors (Lipinski definition) is 1. The fraction of sp³-hybridized carbons (Fsp3) is 0.824. The van der Waals surface area contributed by atoms with Gasteiger partial charge < -0.3 is 5.32 Å². The van der Waals surface area contributed by atoms with Gasteiger partial charge in [-0.25, -0.2) is 0 Å². The van der Waals surface area contributed by atoms with Gasteiger partial charge in [-0.3, -0.25) is 4.68 Å². The van der Waals surface area contributed by atoms with Gasteiger partial charge in [0.15, 0.2) is 0 Å². The lowest BCUT2D eigenvalue weighted by atomic mass is 9.98. The molecule has 0 spiro atoms. The molecule has 1 aromatic rings. The van der Waals surface area contributed by atoms with Crippen LogP contribution in [-0.2, 0) is 13.6 Å². The van der Waals surface area contributed by atoms with Gasteiger partial charge in [0.2, 0.25) is 0 Å². The van der Waals surface area contributed by atoms with Crippen molar-refractivity contribution in [3.05, 3.63) is 18.0 Å². The minimum absolute atomic E-state index is 0.703. The predicted octanol–water partition coefficient (Wildman–Crippen LogP) is 4.18. The molecule has 1 heterocycles. The van der Waals surface area contributed by atoms with Crippen LogP contribution in [0, 0.1) is 0 Å². The number of aromatic nitrogens is 2. The standard InChI is InChI=1S/C17H31N3/c1-20-15-16(14-19-20)13-18-17-11-9-7-5-3-2-4-6-8-10-12-17/h14-15,17-18H,2-13H2,1H3. The van der Waals surface area contributed by atoms with Gasteiger partial charge in [0.25, 0.3) is 0 Å². The van der Waals surface area contributed by atoms with Crippen LogP contribution < -0.4 is 5.32 Å². The number of nitrogens with one attached hydrogen (secondary N) is 1. The highest BCUT2D eigenvalue weighted by atomic mass is 15.2. The van der Waals surface area contributed by atoms with E-state index < -0.39 is 0 Å². The molecule has 3 heteroatoms. The molecule has 0 unspecified atom stereocenters. The minimum atomic E-state index is 0.703. The summed E-state index contributed by atoms with van der Waals surface area (Å²) in [6.07, 6.45) is 19.7. The molecule has 0 atom stereocenters. The summed E-state index contributed by atoms with van der Waals surface area (Å²) in [5.74, 6) is 0. The van der Waals surface area contributed by atoms with Crippen LogP contribution in [0.5, 0.6) is 0 Å². The maximum absolute atomic E-state index is 4.24. The van der Waals surface area contributed by atoms with Crippen LogP contribution in [0.2, 0.25) is 0 Å². The summed E-state index contributed by atoms with van der Waals surface area (Å²) >= 11 is 0. The molecule has 1 aliphatic carbocycles. The molecule has 1 saturated carbocycles. The lowest BCUT2D eigenvalue weighted by Crippen LogP contribution is -2.28. The van der Waals surface area contributed by atoms with Gasteiger partial charge in [0.1, 0.15) is 0 Å². The van der Waals surface area contributed by atoms with Crippen molar-refractivity contribution in [3.63, 3.8) is 0 Å². The SMILES string of the molecule is Cn1cc(CNC2CCCCCCCCCCC2)cn1. The van der Waals surface area contributed by atoms with Gasteiger partial charge in [0, 0.05) is 31.4 Å². The van der Waals surface area contributed by atoms with Gasteiger partial charge in [-0.2, -0.15) is 5.10 Å². The second-order valence-electron chi connectivity index (χ2n) is 6.36. The molecule has 20 heavy (non-hydrogen) atoms. The fourth-order valence-corrected chi connectivity index (χ4v) is 3.19. The Kier molecular flexibility index (Phi) is 7.13. The summed E-state index contributed by atoms with van der Waals surface area (Å²) in [5.41, 5.74) is 1.30. The number of aryl methyl sites for hydroxylation is 1. The van der Waals surface area contributed by atoms with E-state index in [0.717, 1.165) is 6.54 Å². The van der Waals surface area contributed by atoms with Crippen LogP contribution in [0.4, 0.5) is 0 Å². The lowest BCUT2D eigenvalue weighted by molar-refractivity contribution is 0.403. The number of hydrogen-bond acceptors (Lipinski definition) is 2. The van der Waals surface area contributed by atoms with E-state index in [2.05, 4.69) is 16.6 Å². The maximum Gasteiger partial charge on any atom is 0.0534 e. The third-order valence-electron chi connectivity index (χ3n) is 4.46. The van der Waals surface area contributed by atoms with Crippen LogP contribution in [-0.4, -0.2) is 15.8 Å². The van der Waals surface area contributed by atoms with E-state index in [9.17, 15) is 0 Å². The molecule has 1 N–H and O–H groups in total. The van der Waals surface area contributed by atoms with E-state index in [-0.39, 0.29) is 0 Å². The van der Waals surface area contributed by atoms with E-state index in [1.807, 2.05) is 17.9 Å². The number of nitrogens with zero attached hydrogens (tertiary/aromatic N) is 2. The molecule has 0 bridgehead atoms. The summed E-state index contributed by atoms with van der Waals surface area (Å²) in [6, 6.07) is 0.703. The lowest BCUT2D eigenvalue weighted by Gasteiger charge is -2.19. The second-order valence-corrected chi connectivity index (χ2v) is 6.36. The molecule has 0 saturated heterocycles. The predicted molar refractivity (Wildman–Crippen MR) is 84.6 cm³/mol. The van der Waals surface area contributed by atoms with Crippen molar-refractivity contribution < 1.29 is 0 Å². The van der Waals surface area contributed by atoms with Crippen molar-refractivity contribution in [2.75, 3.05) is 0 Å². The average Bonchev–Trinajstić information content (AvgIpc) is 2.84. The molecule has 114 valence electrons. The van der Waals surface area contributed by atoms with Crippen molar-refractivity contribution >= 4 is 0 Å². The Morgan fingerprint density at radius 1 is 1.00 bits per heavy atom. The topological polar surface area (TPSA) is 29.9 Å². The highest BCUT2D eigenvalue weighted by Crippen LogP contribution is 2.17. The molecule has 0 amide bonds. The second kappa shape index (κ2) is 9.17. The highest BCUT2D eigenvalue weighted by Gasteiger charge is 2.09. The highest BCUT2D eigenvalue weighted by molar-refractivity contribution is 5.03. The van der Waals surface area contributed by atoms with Crippen molar-refractivity contribution in [1.82, 2.24) is 15.1 Å². The van der Waals surface area contributed by atoms with Crippen LogP contribution in [0.1, 0.15) is 76.2 Å². The van der Waals surface area contributed by atoms with Crippen LogP contribution in [0.3, 0.4) is 0 Å². The summed E-state index contributed by atoms with van der Waals surface area (Å²) in [6.45, 7) is 0.971. The first kappa shape index (κ1) is 15.6. The molecular weight excluding hydrogens is 246 g/mol. The zero-order chi connectivity index (χ0) is 14.0. The van der Waals surface area contributed by atoms with Gasteiger partial charge in [-0.15, -0.1) is 0 Å². The quantitative estimate of drug-likeness (QED) is 0.898. The van der Waals surface area contributed by atoms with E-state index in [1.165, 1.54) is 76.2 Å². The van der Waals surface area contributed by atoms with Crippen molar-refractivity contribution in [2.24, 2.45) is 7.05 Å². The fourth-order valence-electron chi connectivity index (χ4n) is 3.19. The summed E-state index contributed by atoms with van der Waals surface area (Å²) in [4.78, 5) is 0. The van der Waals surface area contributed by atoms with Gasteiger partial charge in [-0.05, 0) is 12.8 Å². The largest absolute Gasteiger partial charge is 0.310 e. The van der Waals surface area contributed by atoms with E-state index >= 15 is 0 Å². The summed E-state index contributed by atoms with van der Waals surface area (Å²) in [7, 11) is 1.99. The van der Waals surface area contributed by atoms with Gasteiger partial charge in [0.05, 0.1) is 6.20 Å². The molecule has 1 aromatic heterocycles. The average molecular weight is 277 g/mol. The summed E-state index contributed by atoms with van der Waals surface area (Å²) < 4.78 is 1.89. The van der Waals surface area contributed by atoms with E-state index in [0.29, 0.717) is 6.04 Å². The maximum atomic E-state index is 4.24. The van der Waals surface area contributed by atoms with Crippen LogP contribution in [0.15, 0.2) is 12.4 Å². The molecule has 3 nitrogen and oxygen atoms in total. The Hall–Kier alpha value is -0.830. The van der Waals surface area contributed by atoms with E-state index in [1.54, 1.807) is 0 Å².